The molecule has 0 saturated carbocycles. The number of sulfonamides is 1. The Morgan fingerprint density at radius 3 is 2.39 bits per heavy atom. The van der Waals surface area contributed by atoms with Crippen LogP contribution in [-0.4, -0.2) is 44.0 Å². The van der Waals surface area contributed by atoms with Gasteiger partial charge >= 0.3 is 0 Å². The van der Waals surface area contributed by atoms with Crippen molar-refractivity contribution < 1.29 is 22.4 Å². The van der Waals surface area contributed by atoms with Gasteiger partial charge in [-0.05, 0) is 44.2 Å². The number of benzene rings is 1. The van der Waals surface area contributed by atoms with Crippen molar-refractivity contribution in [3.8, 4) is 22.9 Å². The lowest BCUT2D eigenvalue weighted by Crippen LogP contribution is -2.29. The average Bonchev–Trinajstić information content (AvgIpc) is 3.05. The van der Waals surface area contributed by atoms with Gasteiger partial charge in [-0.25, -0.2) is 13.1 Å². The summed E-state index contributed by atoms with van der Waals surface area (Å²) in [6, 6.07) is 10.9. The minimum absolute atomic E-state index is 0.0520. The molecule has 0 bridgehead atoms. The molecule has 2 aromatic heterocycles. The van der Waals surface area contributed by atoms with E-state index in [9.17, 15) is 8.42 Å². The molecule has 9 nitrogen and oxygen atoms in total. The molecule has 0 fully saturated rings. The Morgan fingerprint density at radius 1 is 1.07 bits per heavy atom. The topological polar surface area (TPSA) is 116 Å². The zero-order chi connectivity index (χ0) is 20.1. The van der Waals surface area contributed by atoms with Crippen molar-refractivity contribution in [1.82, 2.24) is 20.1 Å². The van der Waals surface area contributed by atoms with Crippen LogP contribution in [0, 0.1) is 13.8 Å². The number of methoxy groups -OCH3 is 1. The highest BCUT2D eigenvalue weighted by Crippen LogP contribution is 2.21. The molecule has 0 saturated heterocycles. The molecule has 0 radical (unpaired) electrons. The van der Waals surface area contributed by atoms with Crippen LogP contribution in [0.3, 0.4) is 0 Å². The molecule has 0 unspecified atom stereocenters. The van der Waals surface area contributed by atoms with Crippen LogP contribution in [-0.2, 0) is 10.0 Å². The molecule has 0 aliphatic carbocycles. The number of aryl methyl sites for hydroxylation is 2. The summed E-state index contributed by atoms with van der Waals surface area (Å²) in [5.41, 5.74) is 1.90. The summed E-state index contributed by atoms with van der Waals surface area (Å²) in [6.45, 7) is 3.28. The fraction of sp³-hybridized carbons (Fsp3) is 0.278. The van der Waals surface area contributed by atoms with Crippen molar-refractivity contribution in [2.75, 3.05) is 20.3 Å². The van der Waals surface area contributed by atoms with Crippen molar-refractivity contribution in [1.29, 1.82) is 0 Å². The highest BCUT2D eigenvalue weighted by atomic mass is 32.2. The minimum Gasteiger partial charge on any atom is -0.497 e. The van der Waals surface area contributed by atoms with Crippen molar-refractivity contribution >= 4 is 10.0 Å². The number of nitrogens with zero attached hydrogens (tertiary/aromatic N) is 3. The largest absolute Gasteiger partial charge is 0.497 e. The Labute approximate surface area is 162 Å². The van der Waals surface area contributed by atoms with E-state index < -0.39 is 10.0 Å². The Hall–Kier alpha value is -2.98. The smallest absolute Gasteiger partial charge is 0.246 e. The van der Waals surface area contributed by atoms with Gasteiger partial charge < -0.3 is 14.0 Å². The highest BCUT2D eigenvalue weighted by Gasteiger charge is 2.23. The second kappa shape index (κ2) is 8.36. The van der Waals surface area contributed by atoms with Crippen LogP contribution in [0.15, 0.2) is 45.8 Å². The molecule has 148 valence electrons. The van der Waals surface area contributed by atoms with Gasteiger partial charge in [0.15, 0.2) is 5.76 Å². The SMILES string of the molecule is COc1ccc(-c2ccc(OCCNS(=O)(=O)c3c(C)noc3C)nn2)cc1. The zero-order valence-corrected chi connectivity index (χ0v) is 16.5. The summed E-state index contributed by atoms with van der Waals surface area (Å²) in [6.07, 6.45) is 0. The molecular formula is C18H20N4O5S. The van der Waals surface area contributed by atoms with Gasteiger partial charge in [-0.1, -0.05) is 5.16 Å². The average molecular weight is 404 g/mol. The first-order valence-corrected chi connectivity index (χ1v) is 9.92. The first-order valence-electron chi connectivity index (χ1n) is 8.44. The standard InChI is InChI=1S/C18H20N4O5S/c1-12-18(13(2)27-22-12)28(23,24)19-10-11-26-17-9-8-16(20-21-17)14-4-6-15(25-3)7-5-14/h4-9,19H,10-11H2,1-3H3. The van der Waals surface area contributed by atoms with Crippen LogP contribution in [0.1, 0.15) is 11.5 Å². The van der Waals surface area contributed by atoms with Crippen LogP contribution in [0.5, 0.6) is 11.6 Å². The molecule has 3 rings (SSSR count). The number of nitrogens with one attached hydrogen (secondary N) is 1. The Morgan fingerprint density at radius 2 is 1.82 bits per heavy atom. The summed E-state index contributed by atoms with van der Waals surface area (Å²) in [7, 11) is -2.11. The molecule has 28 heavy (non-hydrogen) atoms. The van der Waals surface area contributed by atoms with Crippen molar-refractivity contribution in [2.24, 2.45) is 0 Å². The van der Waals surface area contributed by atoms with Crippen LogP contribution in [0.4, 0.5) is 0 Å². The lowest BCUT2D eigenvalue weighted by Gasteiger charge is -2.08. The Balaban J connectivity index is 1.54. The predicted octanol–water partition coefficient (Wildman–Crippen LogP) is 2.11. The molecule has 10 heteroatoms. The van der Waals surface area contributed by atoms with E-state index in [1.54, 1.807) is 33.1 Å². The van der Waals surface area contributed by atoms with E-state index >= 15 is 0 Å². The third kappa shape index (κ3) is 4.46. The third-order valence-electron chi connectivity index (χ3n) is 3.91. The molecule has 1 N–H and O–H groups in total. The van der Waals surface area contributed by atoms with E-state index in [2.05, 4.69) is 20.1 Å². The van der Waals surface area contributed by atoms with Crippen molar-refractivity contribution in [2.45, 2.75) is 18.7 Å². The molecule has 3 aromatic rings. The van der Waals surface area contributed by atoms with Crippen molar-refractivity contribution in [3.05, 3.63) is 47.9 Å². The fourth-order valence-electron chi connectivity index (χ4n) is 2.57. The Kier molecular flexibility index (Phi) is 5.90. The van der Waals surface area contributed by atoms with E-state index in [1.165, 1.54) is 0 Å². The summed E-state index contributed by atoms with van der Waals surface area (Å²) in [5, 5.41) is 11.8. The maximum absolute atomic E-state index is 12.3. The number of aromatic nitrogens is 3. The highest BCUT2D eigenvalue weighted by molar-refractivity contribution is 7.89. The first kappa shape index (κ1) is 19.8. The van der Waals surface area contributed by atoms with Crippen LogP contribution < -0.4 is 14.2 Å². The van der Waals surface area contributed by atoms with Gasteiger partial charge in [0.1, 0.15) is 22.9 Å². The lowest BCUT2D eigenvalue weighted by atomic mass is 10.1. The molecule has 0 amide bonds. The van der Waals surface area contributed by atoms with E-state index in [4.69, 9.17) is 14.0 Å². The van der Waals surface area contributed by atoms with Gasteiger partial charge in [0.25, 0.3) is 0 Å². The summed E-state index contributed by atoms with van der Waals surface area (Å²) < 4.78 is 42.5. The molecule has 0 spiro atoms. The summed E-state index contributed by atoms with van der Waals surface area (Å²) in [4.78, 5) is 0.0520. The van der Waals surface area contributed by atoms with Gasteiger partial charge in [-0.15, -0.1) is 10.2 Å². The first-order chi connectivity index (χ1) is 13.4. The quantitative estimate of drug-likeness (QED) is 0.568. The molecule has 1 aromatic carbocycles. The second-order valence-corrected chi connectivity index (χ2v) is 7.59. The summed E-state index contributed by atoms with van der Waals surface area (Å²) in [5.74, 6) is 1.30. The van der Waals surface area contributed by atoms with Gasteiger partial charge in [-0.3, -0.25) is 0 Å². The number of hydrogen-bond acceptors (Lipinski definition) is 8. The van der Waals surface area contributed by atoms with Gasteiger partial charge in [0.05, 0.1) is 12.8 Å². The molecular weight excluding hydrogens is 384 g/mol. The van der Waals surface area contributed by atoms with Crippen LogP contribution in [0.25, 0.3) is 11.3 Å². The van der Waals surface area contributed by atoms with Gasteiger partial charge in [0, 0.05) is 18.2 Å². The number of hydrogen-bond donors (Lipinski definition) is 1. The maximum atomic E-state index is 12.3. The monoisotopic (exact) mass is 404 g/mol. The van der Waals surface area contributed by atoms with Gasteiger partial charge in [0.2, 0.25) is 15.9 Å². The molecule has 2 heterocycles. The minimum atomic E-state index is -3.71. The van der Waals surface area contributed by atoms with Crippen LogP contribution >= 0.6 is 0 Å². The van der Waals surface area contributed by atoms with E-state index in [-0.39, 0.29) is 23.8 Å². The lowest BCUT2D eigenvalue weighted by molar-refractivity contribution is 0.307. The predicted molar refractivity (Wildman–Crippen MR) is 101 cm³/mol. The molecule has 0 aliphatic heterocycles. The summed E-state index contributed by atoms with van der Waals surface area (Å²) >= 11 is 0. The number of ether oxygens (including phenoxy) is 2. The molecule has 0 aliphatic rings. The molecule has 0 atom stereocenters. The third-order valence-corrected chi connectivity index (χ3v) is 5.61. The van der Waals surface area contributed by atoms with Gasteiger partial charge in [-0.2, -0.15) is 0 Å². The second-order valence-electron chi connectivity index (χ2n) is 5.88. The maximum Gasteiger partial charge on any atom is 0.246 e. The van der Waals surface area contributed by atoms with Crippen molar-refractivity contribution in [3.63, 3.8) is 0 Å². The van der Waals surface area contributed by atoms with E-state index in [1.807, 2.05) is 24.3 Å². The number of rotatable bonds is 8. The fourth-order valence-corrected chi connectivity index (χ4v) is 3.91. The normalized spacial score (nSPS) is 11.4. The zero-order valence-electron chi connectivity index (χ0n) is 15.7. The van der Waals surface area contributed by atoms with E-state index in [0.29, 0.717) is 17.3 Å². The van der Waals surface area contributed by atoms with E-state index in [0.717, 1.165) is 11.3 Å². The Bertz CT molecular complexity index is 1010. The van der Waals surface area contributed by atoms with Crippen LogP contribution in [0.2, 0.25) is 0 Å².